The van der Waals surface area contributed by atoms with E-state index in [1.807, 2.05) is 24.3 Å². The molecule has 1 N–H and O–H groups in total. The summed E-state index contributed by atoms with van der Waals surface area (Å²) in [7, 11) is 1.61. The zero-order valence-electron chi connectivity index (χ0n) is 11.2. The lowest BCUT2D eigenvalue weighted by atomic mass is 10.3. The zero-order chi connectivity index (χ0) is 14.7. The maximum absolute atomic E-state index is 13.0. The van der Waals surface area contributed by atoms with Crippen LogP contribution in [0.3, 0.4) is 0 Å². The monoisotopic (exact) mass is 285 g/mol. The van der Waals surface area contributed by atoms with Crippen molar-refractivity contribution in [3.8, 4) is 11.4 Å². The second kappa shape index (κ2) is 5.58. The number of hydrogen-bond donors (Lipinski definition) is 1. The fourth-order valence-electron chi connectivity index (χ4n) is 1.82. The summed E-state index contributed by atoms with van der Waals surface area (Å²) in [6, 6.07) is 13.3. The number of nitrogens with one attached hydrogen (secondary N) is 1. The first-order chi connectivity index (χ1) is 10.3. The van der Waals surface area contributed by atoms with Crippen LogP contribution in [0.2, 0.25) is 0 Å². The molecule has 0 aliphatic heterocycles. The van der Waals surface area contributed by atoms with Crippen LogP contribution >= 0.6 is 0 Å². The molecule has 0 saturated carbocycles. The van der Waals surface area contributed by atoms with Gasteiger partial charge in [-0.3, -0.25) is 0 Å². The lowest BCUT2D eigenvalue weighted by molar-refractivity contribution is 0.415. The predicted octanol–water partition coefficient (Wildman–Crippen LogP) is 2.55. The molecule has 0 radical (unpaired) electrons. The van der Waals surface area contributed by atoms with Gasteiger partial charge in [0.05, 0.1) is 12.8 Å². The average molecular weight is 285 g/mol. The third kappa shape index (κ3) is 2.81. The molecule has 0 bridgehead atoms. The van der Waals surface area contributed by atoms with Crippen LogP contribution in [0.25, 0.3) is 5.69 Å². The molecular formula is C14H12FN5O. The number of aromatic nitrogens is 4. The third-order valence-corrected chi connectivity index (χ3v) is 2.89. The molecular weight excluding hydrogens is 273 g/mol. The summed E-state index contributed by atoms with van der Waals surface area (Å²) < 4.78 is 19.5. The molecule has 6 nitrogen and oxygen atoms in total. The summed E-state index contributed by atoms with van der Waals surface area (Å²) in [6.45, 7) is 0. The van der Waals surface area contributed by atoms with Gasteiger partial charge in [-0.05, 0) is 59.0 Å². The molecule has 0 aliphatic rings. The molecule has 3 aromatic rings. The highest BCUT2D eigenvalue weighted by Gasteiger charge is 2.08. The number of methoxy groups -OCH3 is 1. The van der Waals surface area contributed by atoms with Crippen LogP contribution in [0.5, 0.6) is 5.75 Å². The van der Waals surface area contributed by atoms with Crippen molar-refractivity contribution in [2.45, 2.75) is 0 Å². The largest absolute Gasteiger partial charge is 0.497 e. The normalized spacial score (nSPS) is 10.4. The smallest absolute Gasteiger partial charge is 0.252 e. The van der Waals surface area contributed by atoms with Crippen LogP contribution in [-0.4, -0.2) is 27.3 Å². The summed E-state index contributed by atoms with van der Waals surface area (Å²) >= 11 is 0. The standard InChI is InChI=1S/C14H12FN5O/c1-21-13-8-4-11(5-9-13)16-14-17-18-19-20(14)12-6-2-10(15)3-7-12/h2-9H,1H3,(H,16,17,19). The molecule has 0 unspecified atom stereocenters. The number of hydrogen-bond acceptors (Lipinski definition) is 5. The molecule has 1 heterocycles. The van der Waals surface area contributed by atoms with Crippen LogP contribution in [0, 0.1) is 5.82 Å². The van der Waals surface area contributed by atoms with Gasteiger partial charge in [0.2, 0.25) is 0 Å². The molecule has 0 fully saturated rings. The SMILES string of the molecule is COc1ccc(Nc2nnnn2-c2ccc(F)cc2)cc1. The lowest BCUT2D eigenvalue weighted by Gasteiger charge is -2.07. The quantitative estimate of drug-likeness (QED) is 0.798. The fraction of sp³-hybridized carbons (Fsp3) is 0.0714. The molecule has 106 valence electrons. The van der Waals surface area contributed by atoms with E-state index >= 15 is 0 Å². The minimum Gasteiger partial charge on any atom is -0.497 e. The first kappa shape index (κ1) is 13.0. The van der Waals surface area contributed by atoms with Gasteiger partial charge in [-0.15, -0.1) is 0 Å². The van der Waals surface area contributed by atoms with Gasteiger partial charge in [-0.25, -0.2) is 4.39 Å². The fourth-order valence-corrected chi connectivity index (χ4v) is 1.82. The summed E-state index contributed by atoms with van der Waals surface area (Å²) in [6.07, 6.45) is 0. The summed E-state index contributed by atoms with van der Waals surface area (Å²) in [4.78, 5) is 0. The van der Waals surface area contributed by atoms with Gasteiger partial charge < -0.3 is 10.1 Å². The zero-order valence-corrected chi connectivity index (χ0v) is 11.2. The average Bonchev–Trinajstić information content (AvgIpc) is 2.97. The predicted molar refractivity (Wildman–Crippen MR) is 75.4 cm³/mol. The van der Waals surface area contributed by atoms with E-state index in [2.05, 4.69) is 20.8 Å². The number of ether oxygens (including phenoxy) is 1. The van der Waals surface area contributed by atoms with Crippen molar-refractivity contribution >= 4 is 11.6 Å². The first-order valence-corrected chi connectivity index (χ1v) is 6.21. The van der Waals surface area contributed by atoms with Crippen LogP contribution in [-0.2, 0) is 0 Å². The van der Waals surface area contributed by atoms with Gasteiger partial charge in [-0.2, -0.15) is 4.68 Å². The highest BCUT2D eigenvalue weighted by molar-refractivity contribution is 5.56. The molecule has 1 aromatic heterocycles. The number of nitrogens with zero attached hydrogens (tertiary/aromatic N) is 4. The molecule has 7 heteroatoms. The minimum atomic E-state index is -0.309. The van der Waals surface area contributed by atoms with E-state index in [0.717, 1.165) is 11.4 Å². The number of rotatable bonds is 4. The highest BCUT2D eigenvalue weighted by Crippen LogP contribution is 2.20. The maximum atomic E-state index is 13.0. The van der Waals surface area contributed by atoms with Crippen LogP contribution < -0.4 is 10.1 Å². The molecule has 0 atom stereocenters. The Morgan fingerprint density at radius 3 is 2.43 bits per heavy atom. The Hall–Kier alpha value is -2.96. The van der Waals surface area contributed by atoms with Gasteiger partial charge in [0.25, 0.3) is 5.95 Å². The van der Waals surface area contributed by atoms with Crippen molar-refractivity contribution < 1.29 is 9.13 Å². The Labute approximate surface area is 120 Å². The molecule has 0 aliphatic carbocycles. The summed E-state index contributed by atoms with van der Waals surface area (Å²) in [5, 5.41) is 14.5. The topological polar surface area (TPSA) is 64.9 Å². The molecule has 3 rings (SSSR count). The van der Waals surface area contributed by atoms with E-state index < -0.39 is 0 Å². The molecule has 2 aromatic carbocycles. The second-order valence-corrected chi connectivity index (χ2v) is 4.24. The van der Waals surface area contributed by atoms with Gasteiger partial charge in [0.1, 0.15) is 11.6 Å². The van der Waals surface area contributed by atoms with Gasteiger partial charge in [0.15, 0.2) is 0 Å². The Balaban J connectivity index is 1.86. The van der Waals surface area contributed by atoms with Gasteiger partial charge in [0, 0.05) is 5.69 Å². The highest BCUT2D eigenvalue weighted by atomic mass is 19.1. The Kier molecular flexibility index (Phi) is 3.46. The summed E-state index contributed by atoms with van der Waals surface area (Å²) in [5.74, 6) is 0.891. The Bertz CT molecular complexity index is 724. The van der Waals surface area contributed by atoms with Gasteiger partial charge in [-0.1, -0.05) is 5.10 Å². The Morgan fingerprint density at radius 1 is 1.05 bits per heavy atom. The van der Waals surface area contributed by atoms with Crippen molar-refractivity contribution in [3.63, 3.8) is 0 Å². The lowest BCUT2D eigenvalue weighted by Crippen LogP contribution is -2.03. The molecule has 0 saturated heterocycles. The van der Waals surface area contributed by atoms with Crippen molar-refractivity contribution in [3.05, 3.63) is 54.3 Å². The molecule has 0 spiro atoms. The van der Waals surface area contributed by atoms with Crippen molar-refractivity contribution in [1.82, 2.24) is 20.2 Å². The maximum Gasteiger partial charge on any atom is 0.252 e. The van der Waals surface area contributed by atoms with Crippen molar-refractivity contribution in [2.75, 3.05) is 12.4 Å². The van der Waals surface area contributed by atoms with E-state index in [4.69, 9.17) is 4.74 Å². The van der Waals surface area contributed by atoms with E-state index in [1.165, 1.54) is 16.8 Å². The number of halogens is 1. The minimum absolute atomic E-state index is 0.309. The third-order valence-electron chi connectivity index (χ3n) is 2.89. The first-order valence-electron chi connectivity index (χ1n) is 6.21. The number of anilines is 2. The van der Waals surface area contributed by atoms with E-state index in [-0.39, 0.29) is 5.82 Å². The molecule has 21 heavy (non-hydrogen) atoms. The number of benzene rings is 2. The van der Waals surface area contributed by atoms with E-state index in [1.54, 1.807) is 19.2 Å². The summed E-state index contributed by atoms with van der Waals surface area (Å²) in [5.41, 5.74) is 1.48. The van der Waals surface area contributed by atoms with E-state index in [9.17, 15) is 4.39 Å². The van der Waals surface area contributed by atoms with Crippen LogP contribution in [0.4, 0.5) is 16.0 Å². The van der Waals surface area contributed by atoms with Crippen molar-refractivity contribution in [2.24, 2.45) is 0 Å². The Morgan fingerprint density at radius 2 is 1.76 bits per heavy atom. The van der Waals surface area contributed by atoms with Crippen LogP contribution in [0.1, 0.15) is 0 Å². The second-order valence-electron chi connectivity index (χ2n) is 4.24. The van der Waals surface area contributed by atoms with E-state index in [0.29, 0.717) is 11.6 Å². The molecule has 0 amide bonds. The van der Waals surface area contributed by atoms with Crippen molar-refractivity contribution in [1.29, 1.82) is 0 Å². The van der Waals surface area contributed by atoms with Gasteiger partial charge >= 0.3 is 0 Å². The number of tetrazole rings is 1. The van der Waals surface area contributed by atoms with Crippen LogP contribution in [0.15, 0.2) is 48.5 Å².